The average molecular weight is 296 g/mol. The van der Waals surface area contributed by atoms with Crippen LogP contribution in [0.25, 0.3) is 0 Å². The van der Waals surface area contributed by atoms with Crippen molar-refractivity contribution in [3.05, 3.63) is 0 Å². The second-order valence-corrected chi connectivity index (χ2v) is 4.49. The Bertz CT molecular complexity index is 300. The minimum atomic E-state index is -1.29. The molecule has 0 aromatic carbocycles. The molecular formula is C10H20N2O6S. The number of hydrogen-bond acceptors (Lipinski definition) is 6. The summed E-state index contributed by atoms with van der Waals surface area (Å²) in [6.45, 7) is 0. The average Bonchev–Trinajstić information content (AvgIpc) is 2.29. The second kappa shape index (κ2) is 11.8. The van der Waals surface area contributed by atoms with Crippen LogP contribution in [-0.4, -0.2) is 64.4 Å². The van der Waals surface area contributed by atoms with Gasteiger partial charge in [0.25, 0.3) is 0 Å². The smallest absolute Gasteiger partial charge is 0.321 e. The van der Waals surface area contributed by atoms with Crippen molar-refractivity contribution in [2.24, 2.45) is 5.73 Å². The van der Waals surface area contributed by atoms with E-state index in [1.54, 1.807) is 18.8 Å². The van der Waals surface area contributed by atoms with E-state index >= 15 is 0 Å². The van der Waals surface area contributed by atoms with Crippen LogP contribution in [0.5, 0.6) is 0 Å². The summed E-state index contributed by atoms with van der Waals surface area (Å²) in [5.41, 5.74) is 4.84. The Morgan fingerprint density at radius 1 is 1.21 bits per heavy atom. The molecule has 0 aromatic rings. The number of hydrogen-bond donors (Lipinski definition) is 5. The molecule has 0 spiro atoms. The Balaban J connectivity index is 0. The van der Waals surface area contributed by atoms with Crippen molar-refractivity contribution in [1.82, 2.24) is 5.32 Å². The molecule has 2 atom stereocenters. The minimum Gasteiger partial charge on any atom is -0.481 e. The molecule has 6 N–H and O–H groups in total. The Kier molecular flexibility index (Phi) is 12.4. The van der Waals surface area contributed by atoms with Crippen molar-refractivity contribution < 1.29 is 29.7 Å². The van der Waals surface area contributed by atoms with E-state index in [1.807, 2.05) is 6.26 Å². The molecule has 8 nitrogen and oxygen atoms in total. The van der Waals surface area contributed by atoms with Gasteiger partial charge in [-0.15, -0.1) is 0 Å². The highest BCUT2D eigenvalue weighted by molar-refractivity contribution is 7.98. The Labute approximate surface area is 115 Å². The highest BCUT2D eigenvalue weighted by Crippen LogP contribution is 1.99. The van der Waals surface area contributed by atoms with Crippen LogP contribution in [0, 0.1) is 0 Å². The molecule has 112 valence electrons. The number of thioether (sulfide) groups is 1. The maximum absolute atomic E-state index is 10.4. The van der Waals surface area contributed by atoms with Crippen LogP contribution < -0.4 is 11.1 Å². The predicted octanol–water partition coefficient (Wildman–Crippen LogP) is -0.715. The first-order valence-electron chi connectivity index (χ1n) is 5.35. The zero-order valence-electron chi connectivity index (χ0n) is 10.8. The topological polar surface area (TPSA) is 150 Å². The summed E-state index contributed by atoms with van der Waals surface area (Å²) in [5, 5.41) is 27.3. The van der Waals surface area contributed by atoms with Crippen LogP contribution in [0.3, 0.4) is 0 Å². The van der Waals surface area contributed by atoms with Gasteiger partial charge >= 0.3 is 17.9 Å². The lowest BCUT2D eigenvalue weighted by atomic mass is 10.2. The van der Waals surface area contributed by atoms with E-state index in [0.717, 1.165) is 5.75 Å². The van der Waals surface area contributed by atoms with Gasteiger partial charge in [0.15, 0.2) is 0 Å². The molecule has 0 rings (SSSR count). The number of aliphatic carboxylic acids is 3. The number of rotatable bonds is 8. The lowest BCUT2D eigenvalue weighted by Crippen LogP contribution is -2.34. The summed E-state index contributed by atoms with van der Waals surface area (Å²) in [4.78, 5) is 30.0. The van der Waals surface area contributed by atoms with Crippen molar-refractivity contribution in [2.45, 2.75) is 24.9 Å². The van der Waals surface area contributed by atoms with Crippen molar-refractivity contribution in [3.8, 4) is 0 Å². The van der Waals surface area contributed by atoms with Gasteiger partial charge in [0.05, 0.1) is 6.42 Å². The maximum atomic E-state index is 10.4. The molecule has 0 radical (unpaired) electrons. The van der Waals surface area contributed by atoms with Gasteiger partial charge in [0, 0.05) is 0 Å². The third-order valence-electron chi connectivity index (χ3n) is 1.97. The SMILES string of the molecule is CN[C@@H](CCSC)C(=O)O.N[C@H](CC(=O)O)C(=O)O. The first kappa shape index (κ1) is 20.0. The molecule has 0 saturated carbocycles. The highest BCUT2D eigenvalue weighted by atomic mass is 32.2. The molecule has 0 aliphatic carbocycles. The zero-order chi connectivity index (χ0) is 15.4. The minimum absolute atomic E-state index is 0.382. The summed E-state index contributed by atoms with van der Waals surface area (Å²) < 4.78 is 0. The van der Waals surface area contributed by atoms with E-state index in [4.69, 9.17) is 21.1 Å². The van der Waals surface area contributed by atoms with Gasteiger partial charge in [-0.05, 0) is 25.5 Å². The number of nitrogens with two attached hydrogens (primary N) is 1. The lowest BCUT2D eigenvalue weighted by molar-refractivity contribution is -0.144. The van der Waals surface area contributed by atoms with E-state index < -0.39 is 30.4 Å². The van der Waals surface area contributed by atoms with Gasteiger partial charge in [-0.1, -0.05) is 0 Å². The van der Waals surface area contributed by atoms with Crippen molar-refractivity contribution in [1.29, 1.82) is 0 Å². The summed E-state index contributed by atoms with van der Waals surface area (Å²) >= 11 is 1.66. The lowest BCUT2D eigenvalue weighted by Gasteiger charge is -2.08. The van der Waals surface area contributed by atoms with Gasteiger partial charge < -0.3 is 26.4 Å². The Morgan fingerprint density at radius 3 is 1.95 bits per heavy atom. The number of carboxylic acid groups (broad SMARTS) is 3. The standard InChI is InChI=1S/C6H13NO2S.C4H7NO4/c1-7-5(6(8)9)3-4-10-2;5-2(4(8)9)1-3(6)7/h5,7H,3-4H2,1-2H3,(H,8,9);2H,1,5H2,(H,6,7)(H,8,9)/t5-;2-/m01/s1. The molecule has 19 heavy (non-hydrogen) atoms. The summed E-state index contributed by atoms with van der Waals surface area (Å²) in [6, 6.07) is -1.67. The monoisotopic (exact) mass is 296 g/mol. The van der Waals surface area contributed by atoms with Crippen LogP contribution in [0.4, 0.5) is 0 Å². The van der Waals surface area contributed by atoms with Gasteiger partial charge in [0.2, 0.25) is 0 Å². The Morgan fingerprint density at radius 2 is 1.74 bits per heavy atom. The van der Waals surface area contributed by atoms with Crippen molar-refractivity contribution in [2.75, 3.05) is 19.1 Å². The van der Waals surface area contributed by atoms with E-state index in [0.29, 0.717) is 6.42 Å². The first-order valence-corrected chi connectivity index (χ1v) is 6.74. The zero-order valence-corrected chi connectivity index (χ0v) is 11.6. The maximum Gasteiger partial charge on any atom is 0.321 e. The van der Waals surface area contributed by atoms with E-state index in [-0.39, 0.29) is 6.04 Å². The third kappa shape index (κ3) is 12.9. The van der Waals surface area contributed by atoms with E-state index in [9.17, 15) is 14.4 Å². The third-order valence-corrected chi connectivity index (χ3v) is 2.61. The van der Waals surface area contributed by atoms with Gasteiger partial charge in [-0.3, -0.25) is 14.4 Å². The van der Waals surface area contributed by atoms with Gasteiger partial charge in [-0.2, -0.15) is 11.8 Å². The highest BCUT2D eigenvalue weighted by Gasteiger charge is 2.14. The molecule has 0 aliphatic heterocycles. The molecule has 0 saturated heterocycles. The molecule has 0 aliphatic rings. The molecule has 0 aromatic heterocycles. The normalized spacial score (nSPS) is 12.8. The Hall–Kier alpha value is -1.32. The molecule has 0 bridgehead atoms. The fourth-order valence-corrected chi connectivity index (χ4v) is 1.37. The summed E-state index contributed by atoms with van der Waals surface area (Å²) in [7, 11) is 1.67. The number of carbonyl (C=O) groups is 3. The molecule has 0 unspecified atom stereocenters. The van der Waals surface area contributed by atoms with Crippen molar-refractivity contribution in [3.63, 3.8) is 0 Å². The molecule has 0 fully saturated rings. The summed E-state index contributed by atoms with van der Waals surface area (Å²) in [6.07, 6.45) is 2.12. The van der Waals surface area contributed by atoms with Crippen LogP contribution >= 0.6 is 11.8 Å². The van der Waals surface area contributed by atoms with Gasteiger partial charge in [0.1, 0.15) is 12.1 Å². The van der Waals surface area contributed by atoms with Crippen LogP contribution in [0.2, 0.25) is 0 Å². The summed E-state index contributed by atoms with van der Waals surface area (Å²) in [5.74, 6) is -2.38. The molecular weight excluding hydrogens is 276 g/mol. The number of likely N-dealkylation sites (N-methyl/N-ethyl adjacent to an activating group) is 1. The fraction of sp³-hybridized carbons (Fsp3) is 0.700. The van der Waals surface area contributed by atoms with E-state index in [1.165, 1.54) is 0 Å². The van der Waals surface area contributed by atoms with Crippen LogP contribution in [-0.2, 0) is 14.4 Å². The van der Waals surface area contributed by atoms with Crippen LogP contribution in [0.1, 0.15) is 12.8 Å². The molecule has 0 amide bonds. The first-order chi connectivity index (χ1) is 8.76. The van der Waals surface area contributed by atoms with Gasteiger partial charge in [-0.25, -0.2) is 0 Å². The largest absolute Gasteiger partial charge is 0.481 e. The second-order valence-electron chi connectivity index (χ2n) is 3.50. The molecule has 0 heterocycles. The van der Waals surface area contributed by atoms with Crippen molar-refractivity contribution >= 4 is 29.7 Å². The van der Waals surface area contributed by atoms with Crippen LogP contribution in [0.15, 0.2) is 0 Å². The number of nitrogens with one attached hydrogen (secondary N) is 1. The fourth-order valence-electron chi connectivity index (χ4n) is 0.902. The number of carboxylic acids is 3. The molecule has 9 heteroatoms. The quantitative estimate of drug-likeness (QED) is 0.391. The predicted molar refractivity (Wildman–Crippen MR) is 71.3 cm³/mol. The van der Waals surface area contributed by atoms with E-state index in [2.05, 4.69) is 5.32 Å².